The van der Waals surface area contributed by atoms with Crippen molar-refractivity contribution in [3.63, 3.8) is 0 Å². The highest BCUT2D eigenvalue weighted by atomic mass is 16.1. The minimum atomic E-state index is -0.153. The third-order valence-electron chi connectivity index (χ3n) is 3.82. The van der Waals surface area contributed by atoms with Gasteiger partial charge in [0.05, 0.1) is 18.3 Å². The smallest absolute Gasteiger partial charge is 0.252 e. The molecule has 0 radical (unpaired) electrons. The monoisotopic (exact) mass is 336 g/mol. The summed E-state index contributed by atoms with van der Waals surface area (Å²) in [6, 6.07) is 9.99. The molecular weight excluding hydrogens is 316 g/mol. The molecule has 1 amide bonds. The van der Waals surface area contributed by atoms with Gasteiger partial charge in [-0.15, -0.1) is 5.10 Å². The Kier molecular flexibility index (Phi) is 5.03. The molecule has 0 aliphatic rings. The normalized spacial score (nSPS) is 10.5. The number of hydrogen-bond donors (Lipinski definition) is 1. The highest BCUT2D eigenvalue weighted by molar-refractivity contribution is 5.95. The fourth-order valence-electron chi connectivity index (χ4n) is 2.41. The number of carbonyl (C=O) groups is 1. The Labute approximate surface area is 146 Å². The van der Waals surface area contributed by atoms with Crippen molar-refractivity contribution in [3.05, 3.63) is 60.7 Å². The van der Waals surface area contributed by atoms with Crippen molar-refractivity contribution in [2.75, 3.05) is 25.5 Å². The Morgan fingerprint density at radius 3 is 2.64 bits per heavy atom. The number of aromatic nitrogens is 4. The summed E-state index contributed by atoms with van der Waals surface area (Å²) in [5.74, 6) is -0.153. The van der Waals surface area contributed by atoms with Crippen LogP contribution >= 0.6 is 0 Å². The van der Waals surface area contributed by atoms with E-state index in [1.165, 1.54) is 0 Å². The molecule has 1 aromatic carbocycles. The Morgan fingerprint density at radius 2 is 1.96 bits per heavy atom. The fraction of sp³-hybridized carbons (Fsp3) is 0.222. The summed E-state index contributed by atoms with van der Waals surface area (Å²) in [5, 5.41) is 10.5. The summed E-state index contributed by atoms with van der Waals surface area (Å²) >= 11 is 0. The van der Waals surface area contributed by atoms with Crippen molar-refractivity contribution in [1.29, 1.82) is 0 Å². The van der Waals surface area contributed by atoms with E-state index in [-0.39, 0.29) is 5.91 Å². The van der Waals surface area contributed by atoms with Crippen molar-refractivity contribution in [2.45, 2.75) is 6.54 Å². The molecule has 0 aliphatic heterocycles. The second-order valence-corrected chi connectivity index (χ2v) is 5.83. The highest BCUT2D eigenvalue weighted by Crippen LogP contribution is 2.22. The van der Waals surface area contributed by atoms with E-state index in [4.69, 9.17) is 0 Å². The van der Waals surface area contributed by atoms with Crippen LogP contribution in [0.2, 0.25) is 0 Å². The lowest BCUT2D eigenvalue weighted by Gasteiger charge is -2.13. The second kappa shape index (κ2) is 7.57. The molecule has 0 spiro atoms. The molecule has 3 rings (SSSR count). The van der Waals surface area contributed by atoms with Gasteiger partial charge in [-0.05, 0) is 23.8 Å². The van der Waals surface area contributed by atoms with Gasteiger partial charge in [0.25, 0.3) is 5.91 Å². The average Bonchev–Trinajstić information content (AvgIpc) is 3.15. The standard InChI is InChI=1S/C18H20N6O/c1-23(2)17-5-3-14(4-6-17)15-11-16(13-19-12-15)18(25)20-7-9-24-10-8-21-22-24/h3-6,8,10-13H,7,9H2,1-2H3,(H,20,25). The van der Waals surface area contributed by atoms with Crippen LogP contribution < -0.4 is 10.2 Å². The fourth-order valence-corrected chi connectivity index (χ4v) is 2.41. The number of benzene rings is 1. The van der Waals surface area contributed by atoms with Gasteiger partial charge in [-0.2, -0.15) is 0 Å². The zero-order chi connectivity index (χ0) is 17.6. The molecule has 0 saturated carbocycles. The van der Waals surface area contributed by atoms with E-state index in [9.17, 15) is 4.79 Å². The number of amides is 1. The maximum Gasteiger partial charge on any atom is 0.252 e. The first-order valence-corrected chi connectivity index (χ1v) is 7.98. The minimum Gasteiger partial charge on any atom is -0.378 e. The summed E-state index contributed by atoms with van der Waals surface area (Å²) in [6.07, 6.45) is 6.70. The number of rotatable bonds is 6. The summed E-state index contributed by atoms with van der Waals surface area (Å²) in [4.78, 5) is 18.5. The lowest BCUT2D eigenvalue weighted by molar-refractivity contribution is 0.0951. The van der Waals surface area contributed by atoms with E-state index >= 15 is 0 Å². The Bertz CT molecular complexity index is 827. The quantitative estimate of drug-likeness (QED) is 0.743. The lowest BCUT2D eigenvalue weighted by Crippen LogP contribution is -2.27. The molecule has 2 heterocycles. The summed E-state index contributed by atoms with van der Waals surface area (Å²) in [7, 11) is 4.00. The summed E-state index contributed by atoms with van der Waals surface area (Å²) < 4.78 is 1.67. The van der Waals surface area contributed by atoms with Crippen LogP contribution in [0.5, 0.6) is 0 Å². The molecule has 0 bridgehead atoms. The number of anilines is 1. The van der Waals surface area contributed by atoms with Crippen molar-refractivity contribution >= 4 is 11.6 Å². The number of carbonyl (C=O) groups excluding carboxylic acids is 1. The van der Waals surface area contributed by atoms with Gasteiger partial charge in [0, 0.05) is 50.5 Å². The van der Waals surface area contributed by atoms with E-state index < -0.39 is 0 Å². The minimum absolute atomic E-state index is 0.153. The molecule has 7 nitrogen and oxygen atoms in total. The first-order chi connectivity index (χ1) is 12.1. The Morgan fingerprint density at radius 1 is 1.16 bits per heavy atom. The molecule has 128 valence electrons. The molecule has 0 aliphatic carbocycles. The maximum absolute atomic E-state index is 12.3. The van der Waals surface area contributed by atoms with Crippen LogP contribution in [-0.2, 0) is 6.54 Å². The van der Waals surface area contributed by atoms with E-state index in [2.05, 4.69) is 20.6 Å². The van der Waals surface area contributed by atoms with Crippen molar-refractivity contribution < 1.29 is 4.79 Å². The van der Waals surface area contributed by atoms with Gasteiger partial charge in [-0.3, -0.25) is 14.5 Å². The van der Waals surface area contributed by atoms with Crippen molar-refractivity contribution in [3.8, 4) is 11.1 Å². The number of nitrogens with zero attached hydrogens (tertiary/aromatic N) is 5. The van der Waals surface area contributed by atoms with Crippen molar-refractivity contribution in [2.24, 2.45) is 0 Å². The lowest BCUT2D eigenvalue weighted by atomic mass is 10.1. The predicted molar refractivity (Wildman–Crippen MR) is 96.4 cm³/mol. The van der Waals surface area contributed by atoms with Gasteiger partial charge in [0.15, 0.2) is 0 Å². The summed E-state index contributed by atoms with van der Waals surface area (Å²) in [6.45, 7) is 1.05. The molecule has 2 aromatic heterocycles. The number of hydrogen-bond acceptors (Lipinski definition) is 5. The first-order valence-electron chi connectivity index (χ1n) is 7.98. The molecular formula is C18H20N6O. The zero-order valence-corrected chi connectivity index (χ0v) is 14.3. The zero-order valence-electron chi connectivity index (χ0n) is 14.3. The van der Waals surface area contributed by atoms with Crippen LogP contribution in [0.1, 0.15) is 10.4 Å². The van der Waals surface area contributed by atoms with Crippen LogP contribution in [0.3, 0.4) is 0 Å². The van der Waals surface area contributed by atoms with Crippen molar-refractivity contribution in [1.82, 2.24) is 25.3 Å². The molecule has 0 saturated heterocycles. The molecule has 25 heavy (non-hydrogen) atoms. The Hall–Kier alpha value is -3.22. The van der Waals surface area contributed by atoms with Crippen LogP contribution in [0.25, 0.3) is 11.1 Å². The molecule has 0 atom stereocenters. The summed E-state index contributed by atoms with van der Waals surface area (Å²) in [5.41, 5.74) is 3.59. The molecule has 1 N–H and O–H groups in total. The van der Waals surface area contributed by atoms with Gasteiger partial charge in [-0.1, -0.05) is 17.3 Å². The third kappa shape index (κ3) is 4.20. The van der Waals surface area contributed by atoms with Gasteiger partial charge in [0.1, 0.15) is 0 Å². The molecule has 0 unspecified atom stereocenters. The van der Waals surface area contributed by atoms with Crippen LogP contribution in [0, 0.1) is 0 Å². The predicted octanol–water partition coefficient (Wildman–Crippen LogP) is 1.84. The van der Waals surface area contributed by atoms with Crippen LogP contribution in [-0.4, -0.2) is 46.5 Å². The van der Waals surface area contributed by atoms with Gasteiger partial charge >= 0.3 is 0 Å². The van der Waals surface area contributed by atoms with Gasteiger partial charge < -0.3 is 10.2 Å². The number of pyridine rings is 1. The molecule has 0 fully saturated rings. The van der Waals surface area contributed by atoms with Crippen LogP contribution in [0.4, 0.5) is 5.69 Å². The number of nitrogens with one attached hydrogen (secondary N) is 1. The van der Waals surface area contributed by atoms with Gasteiger partial charge in [0.2, 0.25) is 0 Å². The van der Waals surface area contributed by atoms with Crippen LogP contribution in [0.15, 0.2) is 55.1 Å². The maximum atomic E-state index is 12.3. The SMILES string of the molecule is CN(C)c1ccc(-c2cncc(C(=O)NCCn3ccnn3)c2)cc1. The van der Waals surface area contributed by atoms with E-state index in [0.717, 1.165) is 16.8 Å². The van der Waals surface area contributed by atoms with E-state index in [0.29, 0.717) is 18.7 Å². The van der Waals surface area contributed by atoms with E-state index in [1.54, 1.807) is 29.5 Å². The topological polar surface area (TPSA) is 75.9 Å². The van der Waals surface area contributed by atoms with E-state index in [1.807, 2.05) is 49.3 Å². The third-order valence-corrected chi connectivity index (χ3v) is 3.82. The molecule has 3 aromatic rings. The highest BCUT2D eigenvalue weighted by Gasteiger charge is 2.08. The first kappa shape index (κ1) is 16.6. The average molecular weight is 336 g/mol. The largest absolute Gasteiger partial charge is 0.378 e. The van der Waals surface area contributed by atoms with Gasteiger partial charge in [-0.25, -0.2) is 0 Å². The molecule has 7 heteroatoms. The second-order valence-electron chi connectivity index (χ2n) is 5.83. The Balaban J connectivity index is 1.66.